The third-order valence-corrected chi connectivity index (χ3v) is 3.76. The lowest BCUT2D eigenvalue weighted by Gasteiger charge is -2.26. The van der Waals surface area contributed by atoms with Gasteiger partial charge in [0, 0.05) is 12.6 Å². The minimum atomic E-state index is -0.275. The van der Waals surface area contributed by atoms with Crippen molar-refractivity contribution in [3.63, 3.8) is 0 Å². The summed E-state index contributed by atoms with van der Waals surface area (Å²) >= 11 is 0. The van der Waals surface area contributed by atoms with Gasteiger partial charge in [0.05, 0.1) is 6.42 Å². The van der Waals surface area contributed by atoms with Crippen molar-refractivity contribution >= 4 is 5.91 Å². The second kappa shape index (κ2) is 6.66. The molecule has 0 bridgehead atoms. The first-order valence-corrected chi connectivity index (χ1v) is 6.90. The first-order chi connectivity index (χ1) is 9.13. The molecule has 0 spiro atoms. The van der Waals surface area contributed by atoms with Crippen molar-refractivity contribution in [3.05, 3.63) is 35.6 Å². The Kier molecular flexibility index (Phi) is 4.91. The van der Waals surface area contributed by atoms with Gasteiger partial charge in [0.25, 0.3) is 0 Å². The average molecular weight is 264 g/mol. The van der Waals surface area contributed by atoms with Crippen LogP contribution >= 0.6 is 0 Å². The van der Waals surface area contributed by atoms with Crippen LogP contribution in [0.5, 0.6) is 0 Å². The van der Waals surface area contributed by atoms with E-state index in [0.29, 0.717) is 18.4 Å². The Morgan fingerprint density at radius 3 is 2.47 bits per heavy atom. The summed E-state index contributed by atoms with van der Waals surface area (Å²) in [4.78, 5) is 11.8. The Hall–Kier alpha value is -1.42. The highest BCUT2D eigenvalue weighted by Gasteiger charge is 2.18. The molecule has 104 valence electrons. The summed E-state index contributed by atoms with van der Waals surface area (Å²) in [5.74, 6) is 0.279. The topological polar surface area (TPSA) is 55.1 Å². The van der Waals surface area contributed by atoms with Crippen LogP contribution in [0.15, 0.2) is 24.3 Å². The van der Waals surface area contributed by atoms with Crippen molar-refractivity contribution in [2.45, 2.75) is 38.1 Å². The Balaban J connectivity index is 1.71. The van der Waals surface area contributed by atoms with E-state index in [2.05, 4.69) is 5.32 Å². The number of benzene rings is 1. The Morgan fingerprint density at radius 1 is 1.21 bits per heavy atom. The summed E-state index contributed by atoms with van der Waals surface area (Å²) in [6.45, 7) is 0.729. The maximum absolute atomic E-state index is 12.7. The lowest BCUT2D eigenvalue weighted by atomic mass is 9.86. The molecule has 3 N–H and O–H groups in total. The van der Waals surface area contributed by atoms with Gasteiger partial charge in [0.15, 0.2) is 0 Å². The number of carbonyl (C=O) groups excluding carboxylic acids is 1. The Bertz CT molecular complexity index is 411. The fourth-order valence-corrected chi connectivity index (χ4v) is 2.50. The minimum absolute atomic E-state index is 0.00137. The number of carbonyl (C=O) groups is 1. The van der Waals surface area contributed by atoms with Crippen LogP contribution in [0.25, 0.3) is 0 Å². The van der Waals surface area contributed by atoms with Gasteiger partial charge in [-0.1, -0.05) is 12.1 Å². The van der Waals surface area contributed by atoms with Crippen molar-refractivity contribution in [1.29, 1.82) is 0 Å². The van der Waals surface area contributed by atoms with E-state index in [-0.39, 0.29) is 11.7 Å². The molecule has 0 radical (unpaired) electrons. The van der Waals surface area contributed by atoms with E-state index >= 15 is 0 Å². The predicted octanol–water partition coefficient (Wildman–Crippen LogP) is 2.00. The molecule has 0 aromatic heterocycles. The maximum Gasteiger partial charge on any atom is 0.224 e. The molecule has 1 amide bonds. The molecule has 0 saturated heterocycles. The van der Waals surface area contributed by atoms with Crippen molar-refractivity contribution in [3.8, 4) is 0 Å². The molecule has 0 atom stereocenters. The van der Waals surface area contributed by atoms with E-state index in [0.717, 1.165) is 37.8 Å². The molecule has 1 saturated carbocycles. The molecule has 4 heteroatoms. The van der Waals surface area contributed by atoms with Crippen LogP contribution in [-0.4, -0.2) is 18.5 Å². The summed E-state index contributed by atoms with van der Waals surface area (Å²) in [5.41, 5.74) is 6.69. The quantitative estimate of drug-likeness (QED) is 0.874. The number of hydrogen-bond acceptors (Lipinski definition) is 2. The van der Waals surface area contributed by atoms with Crippen LogP contribution in [0, 0.1) is 11.7 Å². The van der Waals surface area contributed by atoms with Crippen LogP contribution in [0.2, 0.25) is 0 Å². The first kappa shape index (κ1) is 14.0. The van der Waals surface area contributed by atoms with Gasteiger partial charge in [-0.15, -0.1) is 0 Å². The van der Waals surface area contributed by atoms with Crippen LogP contribution in [0.1, 0.15) is 31.2 Å². The van der Waals surface area contributed by atoms with Gasteiger partial charge < -0.3 is 11.1 Å². The molecule has 0 heterocycles. The second-order valence-electron chi connectivity index (χ2n) is 5.39. The molecule has 3 nitrogen and oxygen atoms in total. The van der Waals surface area contributed by atoms with E-state index in [1.54, 1.807) is 12.1 Å². The maximum atomic E-state index is 12.7. The normalized spacial score (nSPS) is 23.1. The highest BCUT2D eigenvalue weighted by molar-refractivity contribution is 5.78. The number of nitrogens with one attached hydrogen (secondary N) is 1. The number of rotatable bonds is 4. The van der Waals surface area contributed by atoms with Crippen LogP contribution in [-0.2, 0) is 11.2 Å². The van der Waals surface area contributed by atoms with E-state index in [1.165, 1.54) is 12.1 Å². The van der Waals surface area contributed by atoms with Gasteiger partial charge in [-0.3, -0.25) is 4.79 Å². The molecule has 0 aliphatic heterocycles. The highest BCUT2D eigenvalue weighted by Crippen LogP contribution is 2.22. The largest absolute Gasteiger partial charge is 0.356 e. The Labute approximate surface area is 113 Å². The summed E-state index contributed by atoms with van der Waals surface area (Å²) in [6, 6.07) is 6.39. The lowest BCUT2D eigenvalue weighted by molar-refractivity contribution is -0.120. The first-order valence-electron chi connectivity index (χ1n) is 6.90. The monoisotopic (exact) mass is 264 g/mol. The smallest absolute Gasteiger partial charge is 0.224 e. The van der Waals surface area contributed by atoms with Crippen molar-refractivity contribution in [1.82, 2.24) is 5.32 Å². The van der Waals surface area contributed by atoms with E-state index in [9.17, 15) is 9.18 Å². The van der Waals surface area contributed by atoms with Crippen LogP contribution in [0.3, 0.4) is 0 Å². The standard InChI is InChI=1S/C15H21FN2O/c16-13-5-1-11(2-6-13)9-15(19)18-10-12-3-7-14(17)8-4-12/h1-2,5-6,12,14H,3-4,7-10,17H2,(H,18,19). The molecule has 1 aromatic rings. The van der Waals surface area contributed by atoms with Crippen LogP contribution < -0.4 is 11.1 Å². The summed E-state index contributed by atoms with van der Waals surface area (Å²) in [7, 11) is 0. The summed E-state index contributed by atoms with van der Waals surface area (Å²) < 4.78 is 12.7. The van der Waals surface area contributed by atoms with Gasteiger partial charge in [0.1, 0.15) is 5.82 Å². The predicted molar refractivity (Wildman–Crippen MR) is 73.0 cm³/mol. The van der Waals surface area contributed by atoms with Crippen molar-refractivity contribution < 1.29 is 9.18 Å². The lowest BCUT2D eigenvalue weighted by Crippen LogP contribution is -2.34. The zero-order valence-electron chi connectivity index (χ0n) is 11.1. The number of halogens is 1. The number of amides is 1. The highest BCUT2D eigenvalue weighted by atomic mass is 19.1. The molecule has 1 fully saturated rings. The molecule has 1 aliphatic rings. The van der Waals surface area contributed by atoms with Gasteiger partial charge in [-0.25, -0.2) is 4.39 Å². The third kappa shape index (κ3) is 4.63. The molecule has 1 aliphatic carbocycles. The molecule has 0 unspecified atom stereocenters. The van der Waals surface area contributed by atoms with Gasteiger partial charge in [-0.05, 0) is 49.3 Å². The zero-order valence-corrected chi connectivity index (χ0v) is 11.1. The van der Waals surface area contributed by atoms with E-state index in [4.69, 9.17) is 5.73 Å². The summed E-state index contributed by atoms with van der Waals surface area (Å²) in [6.07, 6.45) is 4.61. The number of hydrogen-bond donors (Lipinski definition) is 2. The van der Waals surface area contributed by atoms with Crippen molar-refractivity contribution in [2.75, 3.05) is 6.54 Å². The second-order valence-corrected chi connectivity index (χ2v) is 5.39. The minimum Gasteiger partial charge on any atom is -0.356 e. The molecule has 19 heavy (non-hydrogen) atoms. The van der Waals surface area contributed by atoms with Gasteiger partial charge >= 0.3 is 0 Å². The fraction of sp³-hybridized carbons (Fsp3) is 0.533. The number of nitrogens with two attached hydrogens (primary N) is 1. The molecule has 2 rings (SSSR count). The average Bonchev–Trinajstić information content (AvgIpc) is 2.41. The third-order valence-electron chi connectivity index (χ3n) is 3.76. The molecular weight excluding hydrogens is 243 g/mol. The van der Waals surface area contributed by atoms with E-state index < -0.39 is 0 Å². The molecular formula is C15H21FN2O. The SMILES string of the molecule is NC1CCC(CNC(=O)Cc2ccc(F)cc2)CC1. The van der Waals surface area contributed by atoms with Crippen LogP contribution in [0.4, 0.5) is 4.39 Å². The van der Waals surface area contributed by atoms with Gasteiger partial charge in [0.2, 0.25) is 5.91 Å². The van der Waals surface area contributed by atoms with Gasteiger partial charge in [-0.2, -0.15) is 0 Å². The fourth-order valence-electron chi connectivity index (χ4n) is 2.50. The zero-order chi connectivity index (χ0) is 13.7. The van der Waals surface area contributed by atoms with E-state index in [1.807, 2.05) is 0 Å². The Morgan fingerprint density at radius 2 is 1.84 bits per heavy atom. The summed E-state index contributed by atoms with van der Waals surface area (Å²) in [5, 5.41) is 2.96. The van der Waals surface area contributed by atoms with Crippen molar-refractivity contribution in [2.24, 2.45) is 11.7 Å². The molecule has 1 aromatic carbocycles.